The maximum absolute atomic E-state index is 5.88. The van der Waals surface area contributed by atoms with Crippen LogP contribution in [0.1, 0.15) is 0 Å². The minimum atomic E-state index is 0.261. The summed E-state index contributed by atoms with van der Waals surface area (Å²) in [6.45, 7) is 0. The van der Waals surface area contributed by atoms with Crippen LogP contribution in [0.4, 0.5) is 11.8 Å². The molecule has 0 aliphatic heterocycles. The Labute approximate surface area is 142 Å². The van der Waals surface area contributed by atoms with E-state index in [0.29, 0.717) is 0 Å². The van der Waals surface area contributed by atoms with E-state index >= 15 is 0 Å². The zero-order valence-corrected chi connectivity index (χ0v) is 14.4. The molecule has 0 unspecified atom stereocenters. The number of aromatic nitrogens is 3. The van der Waals surface area contributed by atoms with E-state index in [1.54, 1.807) is 18.4 Å². The number of hydrogen-bond donors (Lipinski definition) is 2. The molecule has 0 aliphatic carbocycles. The first-order chi connectivity index (χ1) is 11.6. The van der Waals surface area contributed by atoms with Gasteiger partial charge in [-0.3, -0.25) is 0 Å². The number of nitrogens with two attached hydrogens (primary N) is 1. The van der Waals surface area contributed by atoms with E-state index < -0.39 is 0 Å². The van der Waals surface area contributed by atoms with Gasteiger partial charge in [-0.2, -0.15) is 4.98 Å². The highest BCUT2D eigenvalue weighted by Crippen LogP contribution is 2.40. The second-order valence-electron chi connectivity index (χ2n) is 5.54. The molecule has 24 heavy (non-hydrogen) atoms. The van der Waals surface area contributed by atoms with Gasteiger partial charge < -0.3 is 20.4 Å². The molecule has 0 spiro atoms. The lowest BCUT2D eigenvalue weighted by molar-refractivity contribution is 0.417. The quantitative estimate of drug-likeness (QED) is 0.597. The van der Waals surface area contributed by atoms with Gasteiger partial charge in [-0.05, 0) is 18.2 Å². The number of fused-ring (bicyclic) bond motifs is 3. The fourth-order valence-electron chi connectivity index (χ4n) is 3.07. The van der Waals surface area contributed by atoms with Crippen molar-refractivity contribution in [3.8, 4) is 16.2 Å². The average molecular weight is 339 g/mol. The molecule has 0 saturated carbocycles. The Morgan fingerprint density at radius 1 is 1.29 bits per heavy atom. The van der Waals surface area contributed by atoms with Gasteiger partial charge in [0, 0.05) is 41.5 Å². The number of hydrogen-bond acceptors (Lipinski definition) is 6. The van der Waals surface area contributed by atoms with Crippen LogP contribution in [-0.2, 0) is 7.05 Å². The first-order valence-corrected chi connectivity index (χ1v) is 8.36. The van der Waals surface area contributed by atoms with Crippen LogP contribution in [-0.4, -0.2) is 28.7 Å². The number of nitrogens with zero attached hydrogens (tertiary/aromatic N) is 3. The molecule has 0 radical (unpaired) electrons. The molecule has 1 aromatic carbocycles. The molecule has 3 aromatic heterocycles. The lowest BCUT2D eigenvalue weighted by Crippen LogP contribution is -2.02. The van der Waals surface area contributed by atoms with Crippen molar-refractivity contribution in [2.24, 2.45) is 7.05 Å². The second kappa shape index (κ2) is 5.38. The highest BCUT2D eigenvalue weighted by atomic mass is 32.1. The van der Waals surface area contributed by atoms with E-state index in [9.17, 15) is 0 Å². The van der Waals surface area contributed by atoms with Crippen molar-refractivity contribution in [2.45, 2.75) is 0 Å². The van der Waals surface area contributed by atoms with E-state index in [0.717, 1.165) is 43.8 Å². The van der Waals surface area contributed by atoms with E-state index in [-0.39, 0.29) is 5.95 Å². The minimum absolute atomic E-state index is 0.261. The van der Waals surface area contributed by atoms with Crippen molar-refractivity contribution in [2.75, 3.05) is 25.2 Å². The summed E-state index contributed by atoms with van der Waals surface area (Å²) < 4.78 is 7.45. The number of thiophene rings is 1. The molecule has 4 rings (SSSR count). The summed E-state index contributed by atoms with van der Waals surface area (Å²) in [6, 6.07) is 6.20. The standard InChI is InChI=1S/C17H17N5OS/c1-19-16-14-10-4-5-22(2)15(10)11(7-12(14)20-17(18)21-16)13-6-9(23-3)8-24-13/h4-8H,1-3H3,(H3,18,19,20,21). The fourth-order valence-corrected chi connectivity index (χ4v) is 3.95. The van der Waals surface area contributed by atoms with E-state index in [1.165, 1.54) is 0 Å². The summed E-state index contributed by atoms with van der Waals surface area (Å²) in [5, 5.41) is 7.21. The maximum Gasteiger partial charge on any atom is 0.222 e. The number of nitrogen functional groups attached to an aromatic ring is 1. The first kappa shape index (κ1) is 14.8. The topological polar surface area (TPSA) is 78.0 Å². The van der Waals surface area contributed by atoms with Crippen LogP contribution in [0.3, 0.4) is 0 Å². The zero-order chi connectivity index (χ0) is 16.8. The molecule has 3 heterocycles. The molecule has 122 valence electrons. The SMILES string of the molecule is CNc1nc(N)nc2cc(-c3cc(OC)cs3)c3c(ccn3C)c12. The molecular weight excluding hydrogens is 322 g/mol. The molecule has 6 nitrogen and oxygen atoms in total. The van der Waals surface area contributed by atoms with Gasteiger partial charge >= 0.3 is 0 Å². The summed E-state index contributed by atoms with van der Waals surface area (Å²) in [7, 11) is 5.56. The van der Waals surface area contributed by atoms with Gasteiger partial charge in [-0.15, -0.1) is 11.3 Å². The van der Waals surface area contributed by atoms with Gasteiger partial charge in [-0.1, -0.05) is 0 Å². The van der Waals surface area contributed by atoms with E-state index in [1.807, 2.05) is 31.7 Å². The lowest BCUT2D eigenvalue weighted by Gasteiger charge is -2.11. The van der Waals surface area contributed by atoms with Gasteiger partial charge in [0.15, 0.2) is 0 Å². The Kier molecular flexibility index (Phi) is 3.31. The van der Waals surface area contributed by atoms with Gasteiger partial charge in [-0.25, -0.2) is 4.98 Å². The Morgan fingerprint density at radius 3 is 2.83 bits per heavy atom. The Balaban J connectivity index is 2.14. The van der Waals surface area contributed by atoms with Gasteiger partial charge in [0.05, 0.1) is 23.5 Å². The highest BCUT2D eigenvalue weighted by Gasteiger charge is 2.17. The van der Waals surface area contributed by atoms with E-state index in [4.69, 9.17) is 10.5 Å². The zero-order valence-electron chi connectivity index (χ0n) is 13.6. The Hall–Kier alpha value is -2.80. The highest BCUT2D eigenvalue weighted by molar-refractivity contribution is 7.14. The molecule has 3 N–H and O–H groups in total. The number of ether oxygens (including phenoxy) is 1. The Bertz CT molecular complexity index is 1070. The second-order valence-corrected chi connectivity index (χ2v) is 6.45. The number of methoxy groups -OCH3 is 1. The van der Waals surface area contributed by atoms with Crippen LogP contribution in [0, 0.1) is 0 Å². The third-order valence-electron chi connectivity index (χ3n) is 4.15. The maximum atomic E-state index is 5.88. The fraction of sp³-hybridized carbons (Fsp3) is 0.176. The first-order valence-electron chi connectivity index (χ1n) is 7.48. The number of anilines is 2. The number of aryl methyl sites for hydroxylation is 1. The smallest absolute Gasteiger partial charge is 0.222 e. The molecule has 7 heteroatoms. The monoisotopic (exact) mass is 339 g/mol. The third-order valence-corrected chi connectivity index (χ3v) is 5.09. The van der Waals surface area contributed by atoms with Gasteiger partial charge in [0.2, 0.25) is 5.95 Å². The summed E-state index contributed by atoms with van der Waals surface area (Å²) in [6.07, 6.45) is 2.05. The summed E-state index contributed by atoms with van der Waals surface area (Å²) in [5.74, 6) is 1.86. The van der Waals surface area contributed by atoms with Crippen LogP contribution >= 0.6 is 11.3 Å². The number of rotatable bonds is 3. The van der Waals surface area contributed by atoms with Crippen LogP contribution in [0.2, 0.25) is 0 Å². The van der Waals surface area contributed by atoms with E-state index in [2.05, 4.69) is 32.0 Å². The molecular formula is C17H17N5OS. The van der Waals surface area contributed by atoms with Crippen molar-refractivity contribution in [3.63, 3.8) is 0 Å². The van der Waals surface area contributed by atoms with Crippen molar-refractivity contribution in [3.05, 3.63) is 29.8 Å². The normalized spacial score (nSPS) is 11.3. The number of benzene rings is 1. The van der Waals surface area contributed by atoms with Crippen molar-refractivity contribution >= 4 is 44.9 Å². The van der Waals surface area contributed by atoms with Gasteiger partial charge in [0.25, 0.3) is 0 Å². The molecule has 0 aliphatic rings. The molecule has 0 atom stereocenters. The van der Waals surface area contributed by atoms with Crippen molar-refractivity contribution in [1.29, 1.82) is 0 Å². The number of nitrogens with one attached hydrogen (secondary N) is 1. The summed E-state index contributed by atoms with van der Waals surface area (Å²) >= 11 is 1.65. The molecule has 0 amide bonds. The van der Waals surface area contributed by atoms with Gasteiger partial charge in [0.1, 0.15) is 11.6 Å². The lowest BCUT2D eigenvalue weighted by atomic mass is 10.0. The third kappa shape index (κ3) is 2.09. The molecule has 0 saturated heterocycles. The summed E-state index contributed by atoms with van der Waals surface area (Å²) in [5.41, 5.74) is 8.95. The molecule has 0 fully saturated rings. The largest absolute Gasteiger partial charge is 0.496 e. The van der Waals surface area contributed by atoms with Crippen molar-refractivity contribution in [1.82, 2.24) is 14.5 Å². The van der Waals surface area contributed by atoms with Crippen LogP contribution < -0.4 is 15.8 Å². The Morgan fingerprint density at radius 2 is 2.12 bits per heavy atom. The average Bonchev–Trinajstić information content (AvgIpc) is 3.20. The van der Waals surface area contributed by atoms with Crippen LogP contribution in [0.25, 0.3) is 32.2 Å². The predicted molar refractivity (Wildman–Crippen MR) is 99.8 cm³/mol. The summed E-state index contributed by atoms with van der Waals surface area (Å²) in [4.78, 5) is 9.90. The van der Waals surface area contributed by atoms with Crippen molar-refractivity contribution < 1.29 is 4.74 Å². The minimum Gasteiger partial charge on any atom is -0.496 e. The molecule has 0 bridgehead atoms. The predicted octanol–water partition coefficient (Wildman–Crippen LogP) is 3.48. The van der Waals surface area contributed by atoms with Crippen LogP contribution in [0.15, 0.2) is 29.8 Å². The van der Waals surface area contributed by atoms with Crippen LogP contribution in [0.5, 0.6) is 5.75 Å². The molecule has 4 aromatic rings.